The van der Waals surface area contributed by atoms with Crippen LogP contribution in [0.2, 0.25) is 0 Å². The molecule has 3 rings (SSSR count). The van der Waals surface area contributed by atoms with Crippen molar-refractivity contribution in [3.8, 4) is 0 Å². The van der Waals surface area contributed by atoms with Gasteiger partial charge in [-0.15, -0.1) is 0 Å². The summed E-state index contributed by atoms with van der Waals surface area (Å²) in [6, 6.07) is -1.41. The Morgan fingerprint density at radius 2 is 1.11 bits per heavy atom. The number of aliphatic hydroxyl groups is 10. The summed E-state index contributed by atoms with van der Waals surface area (Å²) in [5.41, 5.74) is 0. The summed E-state index contributed by atoms with van der Waals surface area (Å²) in [5, 5.41) is 103. The zero-order valence-electron chi connectivity index (χ0n) is 19.7. The summed E-state index contributed by atoms with van der Waals surface area (Å²) < 4.78 is 26.9. The van der Waals surface area contributed by atoms with Crippen molar-refractivity contribution in [2.24, 2.45) is 0 Å². The SMILES string of the molecule is CC(=O)N[C@@H]1[C@@H](O[C@@H]2O[C@H](CO)[C@H](O)[C@H](O[C@H]3O[C@H](CO)[C@H](O)[C@H](O)[C@H]3O)[C@H]2O)[C@H](O)[C@@H](CO)O[C@H]1O. The van der Waals surface area contributed by atoms with Crippen molar-refractivity contribution in [3.05, 3.63) is 0 Å². The van der Waals surface area contributed by atoms with E-state index >= 15 is 0 Å². The van der Waals surface area contributed by atoms with Crippen LogP contribution >= 0.6 is 0 Å². The van der Waals surface area contributed by atoms with Crippen molar-refractivity contribution in [2.45, 2.75) is 99.0 Å². The van der Waals surface area contributed by atoms with E-state index in [1.165, 1.54) is 0 Å². The Morgan fingerprint density at radius 1 is 0.649 bits per heavy atom. The van der Waals surface area contributed by atoms with Crippen molar-refractivity contribution in [2.75, 3.05) is 19.8 Å². The molecule has 0 spiro atoms. The third-order valence-corrected chi connectivity index (χ3v) is 6.50. The Bertz CT molecular complexity index is 745. The van der Waals surface area contributed by atoms with E-state index in [2.05, 4.69) is 5.32 Å². The van der Waals surface area contributed by atoms with Gasteiger partial charge in [-0.3, -0.25) is 4.79 Å². The van der Waals surface area contributed by atoms with E-state index in [1.54, 1.807) is 0 Å². The lowest BCUT2D eigenvalue weighted by atomic mass is 9.95. The Morgan fingerprint density at radius 3 is 1.65 bits per heavy atom. The third-order valence-electron chi connectivity index (χ3n) is 6.50. The number of ether oxygens (including phenoxy) is 5. The maximum absolute atomic E-state index is 11.6. The molecule has 0 aliphatic carbocycles. The van der Waals surface area contributed by atoms with E-state index in [-0.39, 0.29) is 0 Å². The molecule has 17 heteroatoms. The maximum Gasteiger partial charge on any atom is 0.217 e. The number of hydrogen-bond donors (Lipinski definition) is 11. The van der Waals surface area contributed by atoms with E-state index in [4.69, 9.17) is 23.7 Å². The molecule has 15 atom stereocenters. The second-order valence-corrected chi connectivity index (χ2v) is 9.07. The number of aliphatic hydroxyl groups excluding tert-OH is 10. The predicted molar refractivity (Wildman–Crippen MR) is 113 cm³/mol. The molecule has 11 N–H and O–H groups in total. The molecule has 0 aromatic heterocycles. The highest BCUT2D eigenvalue weighted by Crippen LogP contribution is 2.32. The van der Waals surface area contributed by atoms with Crippen molar-refractivity contribution >= 4 is 5.91 Å². The first kappa shape index (κ1) is 30.4. The van der Waals surface area contributed by atoms with Crippen LogP contribution in [0.15, 0.2) is 0 Å². The Labute approximate surface area is 210 Å². The summed E-state index contributed by atoms with van der Waals surface area (Å²) in [7, 11) is 0. The molecule has 0 unspecified atom stereocenters. The summed E-state index contributed by atoms with van der Waals surface area (Å²) >= 11 is 0. The summed E-state index contributed by atoms with van der Waals surface area (Å²) in [4.78, 5) is 11.6. The molecule has 0 aromatic rings. The first-order valence-electron chi connectivity index (χ1n) is 11.6. The van der Waals surface area contributed by atoms with Crippen LogP contribution in [0.25, 0.3) is 0 Å². The second-order valence-electron chi connectivity index (χ2n) is 9.07. The van der Waals surface area contributed by atoms with Gasteiger partial charge in [0.25, 0.3) is 0 Å². The predicted octanol–water partition coefficient (Wildman–Crippen LogP) is -7.43. The Kier molecular flexibility index (Phi) is 10.5. The molecule has 17 nitrogen and oxygen atoms in total. The van der Waals surface area contributed by atoms with Crippen molar-refractivity contribution in [3.63, 3.8) is 0 Å². The molecular formula is C20H35NO16. The van der Waals surface area contributed by atoms with Crippen LogP contribution in [0.1, 0.15) is 6.92 Å². The van der Waals surface area contributed by atoms with E-state index in [1.807, 2.05) is 0 Å². The van der Waals surface area contributed by atoms with Crippen molar-refractivity contribution in [1.82, 2.24) is 5.32 Å². The van der Waals surface area contributed by atoms with Crippen molar-refractivity contribution < 1.29 is 79.5 Å². The maximum atomic E-state index is 11.6. The molecule has 37 heavy (non-hydrogen) atoms. The molecule has 0 saturated carbocycles. The van der Waals surface area contributed by atoms with Gasteiger partial charge in [-0.1, -0.05) is 0 Å². The highest BCUT2D eigenvalue weighted by Gasteiger charge is 2.53. The topological polar surface area (TPSA) is 278 Å². The average Bonchev–Trinajstić information content (AvgIpc) is 2.86. The fraction of sp³-hybridized carbons (Fsp3) is 0.950. The van der Waals surface area contributed by atoms with Gasteiger partial charge in [-0.2, -0.15) is 0 Å². The van der Waals surface area contributed by atoms with Gasteiger partial charge in [-0.25, -0.2) is 0 Å². The standard InChI is InChI=1S/C20H35NO16/c1-5(25)21-9-16(11(27)7(3-23)33-18(9)32)36-20-15(31)17(12(28)8(4-24)35-20)37-19-14(30)13(29)10(26)6(2-22)34-19/h6-20,22-24,26-32H,2-4H2,1H3,(H,21,25)/t6-,7-,8-,9-,10+,11-,12+,13+,14-,15-,16-,17+,18-,19-,20+/m1/s1. The molecule has 0 bridgehead atoms. The highest BCUT2D eigenvalue weighted by atomic mass is 16.7. The monoisotopic (exact) mass is 545 g/mol. The van der Waals surface area contributed by atoms with Crippen molar-refractivity contribution in [1.29, 1.82) is 0 Å². The normalized spacial score (nSPS) is 49.0. The summed E-state index contributed by atoms with van der Waals surface area (Å²) in [5.74, 6) is -0.645. The van der Waals surface area contributed by atoms with Gasteiger partial charge in [0.1, 0.15) is 73.2 Å². The molecular weight excluding hydrogens is 510 g/mol. The molecule has 0 aromatic carbocycles. The number of nitrogens with one attached hydrogen (secondary N) is 1. The first-order chi connectivity index (χ1) is 17.4. The molecule has 3 saturated heterocycles. The van der Waals surface area contributed by atoms with Gasteiger partial charge in [0.05, 0.1) is 19.8 Å². The molecule has 3 aliphatic rings. The quantitative estimate of drug-likeness (QED) is 0.135. The minimum atomic E-state index is -1.93. The fourth-order valence-corrected chi connectivity index (χ4v) is 4.45. The van der Waals surface area contributed by atoms with Crippen LogP contribution < -0.4 is 5.32 Å². The van der Waals surface area contributed by atoms with Gasteiger partial charge in [0.15, 0.2) is 18.9 Å². The van der Waals surface area contributed by atoms with E-state index in [0.717, 1.165) is 6.92 Å². The van der Waals surface area contributed by atoms with Gasteiger partial charge >= 0.3 is 0 Å². The molecule has 3 aliphatic heterocycles. The van der Waals surface area contributed by atoms with Crippen LogP contribution in [0.4, 0.5) is 0 Å². The van der Waals surface area contributed by atoms with E-state index in [9.17, 15) is 55.9 Å². The number of carbonyl (C=O) groups excluding carboxylic acids is 1. The Balaban J connectivity index is 1.83. The second kappa shape index (κ2) is 12.8. The van der Waals surface area contributed by atoms with Crippen LogP contribution in [-0.4, -0.2) is 169 Å². The minimum absolute atomic E-state index is 0.645. The highest BCUT2D eigenvalue weighted by molar-refractivity contribution is 5.73. The van der Waals surface area contributed by atoms with Crippen LogP contribution in [-0.2, 0) is 28.5 Å². The fourth-order valence-electron chi connectivity index (χ4n) is 4.45. The van der Waals surface area contributed by atoms with E-state index < -0.39 is 118 Å². The largest absolute Gasteiger partial charge is 0.394 e. The number of hydrogen-bond acceptors (Lipinski definition) is 16. The number of carbonyl (C=O) groups is 1. The number of rotatable bonds is 8. The molecule has 3 heterocycles. The average molecular weight is 545 g/mol. The third kappa shape index (κ3) is 6.38. The van der Waals surface area contributed by atoms with Gasteiger partial charge in [0.2, 0.25) is 5.91 Å². The smallest absolute Gasteiger partial charge is 0.217 e. The van der Waals surface area contributed by atoms with Gasteiger partial charge in [-0.05, 0) is 0 Å². The van der Waals surface area contributed by atoms with Crippen LogP contribution in [0.5, 0.6) is 0 Å². The lowest BCUT2D eigenvalue weighted by Crippen LogP contribution is -2.68. The van der Waals surface area contributed by atoms with Crippen LogP contribution in [0.3, 0.4) is 0 Å². The van der Waals surface area contributed by atoms with Gasteiger partial charge < -0.3 is 80.1 Å². The molecule has 0 radical (unpaired) electrons. The molecule has 216 valence electrons. The summed E-state index contributed by atoms with van der Waals surface area (Å²) in [6.07, 6.45) is -23.5. The molecule has 3 fully saturated rings. The van der Waals surface area contributed by atoms with E-state index in [0.29, 0.717) is 0 Å². The minimum Gasteiger partial charge on any atom is -0.394 e. The summed E-state index contributed by atoms with van der Waals surface area (Å²) in [6.45, 7) is -1.23. The lowest BCUT2D eigenvalue weighted by Gasteiger charge is -2.48. The zero-order chi connectivity index (χ0) is 27.6. The Hall–Kier alpha value is -1.13. The van der Waals surface area contributed by atoms with Gasteiger partial charge in [0, 0.05) is 6.92 Å². The number of amides is 1. The van der Waals surface area contributed by atoms with Crippen LogP contribution in [0, 0.1) is 0 Å². The first-order valence-corrected chi connectivity index (χ1v) is 11.6. The lowest BCUT2D eigenvalue weighted by molar-refractivity contribution is -0.373. The zero-order valence-corrected chi connectivity index (χ0v) is 19.7. The molecule has 1 amide bonds.